The van der Waals surface area contributed by atoms with Crippen molar-refractivity contribution < 1.29 is 28.6 Å². The molecule has 0 aliphatic heterocycles. The normalized spacial score (nSPS) is 12.3. The van der Waals surface area contributed by atoms with Crippen molar-refractivity contribution in [3.63, 3.8) is 0 Å². The molecule has 422 valence electrons. The van der Waals surface area contributed by atoms with E-state index in [2.05, 4.69) is 27.7 Å². The first-order chi connectivity index (χ1) is 34.9. The van der Waals surface area contributed by atoms with E-state index < -0.39 is 6.10 Å². The molecule has 0 saturated carbocycles. The fourth-order valence-corrected chi connectivity index (χ4v) is 10.1. The van der Waals surface area contributed by atoms with Crippen molar-refractivity contribution in [3.8, 4) is 0 Å². The Morgan fingerprint density at radius 2 is 0.493 bits per heavy atom. The number of carbonyl (C=O) groups is 3. The minimum Gasteiger partial charge on any atom is -0.462 e. The van der Waals surface area contributed by atoms with Crippen LogP contribution in [0.4, 0.5) is 0 Å². The average Bonchev–Trinajstić information content (AvgIpc) is 3.37. The summed E-state index contributed by atoms with van der Waals surface area (Å²) in [6.07, 6.45) is 66.7. The van der Waals surface area contributed by atoms with Gasteiger partial charge in [0.25, 0.3) is 0 Å². The molecule has 0 aromatic rings. The highest BCUT2D eigenvalue weighted by molar-refractivity contribution is 5.71. The monoisotopic (exact) mass is 1000 g/mol. The van der Waals surface area contributed by atoms with Crippen LogP contribution in [0.15, 0.2) is 0 Å². The highest BCUT2D eigenvalue weighted by Crippen LogP contribution is 2.19. The van der Waals surface area contributed by atoms with Crippen molar-refractivity contribution in [1.82, 2.24) is 0 Å². The van der Waals surface area contributed by atoms with E-state index in [4.69, 9.17) is 14.2 Å². The van der Waals surface area contributed by atoms with Crippen LogP contribution in [0.1, 0.15) is 374 Å². The Balaban J connectivity index is 4.23. The van der Waals surface area contributed by atoms with Crippen LogP contribution in [0.2, 0.25) is 0 Å². The molecule has 2 atom stereocenters. The van der Waals surface area contributed by atoms with Gasteiger partial charge in [-0.3, -0.25) is 14.4 Å². The van der Waals surface area contributed by atoms with Crippen LogP contribution in [-0.4, -0.2) is 37.2 Å². The molecular formula is C65H126O6. The Morgan fingerprint density at radius 1 is 0.282 bits per heavy atom. The highest BCUT2D eigenvalue weighted by Gasteiger charge is 2.19. The van der Waals surface area contributed by atoms with E-state index in [-0.39, 0.29) is 31.1 Å². The molecule has 0 aliphatic rings. The van der Waals surface area contributed by atoms with E-state index in [0.29, 0.717) is 19.3 Å². The van der Waals surface area contributed by atoms with E-state index in [1.165, 1.54) is 270 Å². The van der Waals surface area contributed by atoms with Crippen LogP contribution in [0.5, 0.6) is 0 Å². The van der Waals surface area contributed by atoms with E-state index in [0.717, 1.165) is 63.7 Å². The first kappa shape index (κ1) is 69.4. The van der Waals surface area contributed by atoms with Crippen molar-refractivity contribution in [1.29, 1.82) is 0 Å². The predicted molar refractivity (Wildman–Crippen MR) is 307 cm³/mol. The third-order valence-corrected chi connectivity index (χ3v) is 15.4. The fraction of sp³-hybridized carbons (Fsp3) is 0.954. The van der Waals surface area contributed by atoms with Gasteiger partial charge in [0.05, 0.1) is 0 Å². The summed E-state index contributed by atoms with van der Waals surface area (Å²) in [5, 5.41) is 0. The van der Waals surface area contributed by atoms with Gasteiger partial charge in [-0.25, -0.2) is 0 Å². The van der Waals surface area contributed by atoms with Crippen LogP contribution >= 0.6 is 0 Å². The summed E-state index contributed by atoms with van der Waals surface area (Å²) in [4.78, 5) is 38.3. The first-order valence-corrected chi connectivity index (χ1v) is 32.4. The number of ether oxygens (including phenoxy) is 3. The smallest absolute Gasteiger partial charge is 0.306 e. The standard InChI is InChI=1S/C65H126O6/c1-5-8-10-12-14-16-18-20-21-22-23-27-30-33-37-41-45-49-53-57-64(67)70-60-62(59-69-63(66)56-52-48-44-40-36-19-17-15-13-11-9-6-2)71-65(68)58-54-50-46-42-38-34-31-28-25-24-26-29-32-35-39-43-47-51-55-61(4)7-3/h61-62H,5-60H2,1-4H3/t61?,62-/m0/s1. The molecule has 0 rings (SSSR count). The zero-order chi connectivity index (χ0) is 51.6. The zero-order valence-electron chi connectivity index (χ0n) is 48.7. The van der Waals surface area contributed by atoms with Gasteiger partial charge in [-0.2, -0.15) is 0 Å². The van der Waals surface area contributed by atoms with Gasteiger partial charge >= 0.3 is 17.9 Å². The van der Waals surface area contributed by atoms with Gasteiger partial charge in [-0.15, -0.1) is 0 Å². The number of hydrogen-bond donors (Lipinski definition) is 0. The molecule has 0 saturated heterocycles. The second-order valence-corrected chi connectivity index (χ2v) is 22.6. The van der Waals surface area contributed by atoms with Gasteiger partial charge in [0.15, 0.2) is 6.10 Å². The number of unbranched alkanes of at least 4 members (excludes halogenated alkanes) is 46. The van der Waals surface area contributed by atoms with E-state index in [1.807, 2.05) is 0 Å². The number of carbonyl (C=O) groups excluding carboxylic acids is 3. The molecule has 0 aliphatic carbocycles. The molecule has 0 N–H and O–H groups in total. The lowest BCUT2D eigenvalue weighted by Gasteiger charge is -2.18. The van der Waals surface area contributed by atoms with Gasteiger partial charge in [-0.1, -0.05) is 336 Å². The Bertz CT molecular complexity index is 1080. The van der Waals surface area contributed by atoms with E-state index >= 15 is 0 Å². The first-order valence-electron chi connectivity index (χ1n) is 32.4. The molecule has 71 heavy (non-hydrogen) atoms. The molecule has 1 unspecified atom stereocenters. The van der Waals surface area contributed by atoms with Crippen LogP contribution in [0.3, 0.4) is 0 Å². The predicted octanol–water partition coefficient (Wildman–Crippen LogP) is 21.7. The molecule has 0 aromatic heterocycles. The van der Waals surface area contributed by atoms with E-state index in [1.54, 1.807) is 0 Å². The second-order valence-electron chi connectivity index (χ2n) is 22.6. The van der Waals surface area contributed by atoms with Gasteiger partial charge in [-0.05, 0) is 25.2 Å². The molecule has 0 amide bonds. The maximum Gasteiger partial charge on any atom is 0.306 e. The molecule has 6 heteroatoms. The maximum atomic E-state index is 12.9. The Kier molecular flexibility index (Phi) is 58.0. The summed E-state index contributed by atoms with van der Waals surface area (Å²) in [7, 11) is 0. The number of hydrogen-bond acceptors (Lipinski definition) is 6. The third kappa shape index (κ3) is 57.5. The summed E-state index contributed by atoms with van der Waals surface area (Å²) >= 11 is 0. The lowest BCUT2D eigenvalue weighted by molar-refractivity contribution is -0.167. The summed E-state index contributed by atoms with van der Waals surface area (Å²) in [6.45, 7) is 9.13. The Hall–Kier alpha value is -1.59. The van der Waals surface area contributed by atoms with Crippen LogP contribution in [-0.2, 0) is 28.6 Å². The number of rotatable bonds is 60. The summed E-state index contributed by atoms with van der Waals surface area (Å²) in [6, 6.07) is 0. The lowest BCUT2D eigenvalue weighted by Crippen LogP contribution is -2.30. The molecule has 0 fully saturated rings. The molecule has 0 bridgehead atoms. The van der Waals surface area contributed by atoms with Crippen molar-refractivity contribution in [2.45, 2.75) is 381 Å². The SMILES string of the molecule is CCCCCCCCCCCCCCCCCCCCCC(=O)OC[C@H](COC(=O)CCCCCCCCCCCCCC)OC(=O)CCCCCCCCCCCCCCCCCCCCC(C)CC. The van der Waals surface area contributed by atoms with Crippen LogP contribution < -0.4 is 0 Å². The fourth-order valence-electron chi connectivity index (χ4n) is 10.1. The van der Waals surface area contributed by atoms with Crippen molar-refractivity contribution in [2.75, 3.05) is 13.2 Å². The average molecular weight is 1000 g/mol. The molecule has 0 aromatic carbocycles. The van der Waals surface area contributed by atoms with Crippen molar-refractivity contribution in [3.05, 3.63) is 0 Å². The van der Waals surface area contributed by atoms with Gasteiger partial charge < -0.3 is 14.2 Å². The highest BCUT2D eigenvalue weighted by atomic mass is 16.6. The molecule has 0 heterocycles. The summed E-state index contributed by atoms with van der Waals surface area (Å²) in [5.41, 5.74) is 0. The third-order valence-electron chi connectivity index (χ3n) is 15.4. The van der Waals surface area contributed by atoms with Gasteiger partial charge in [0.1, 0.15) is 13.2 Å². The molecule has 6 nitrogen and oxygen atoms in total. The molecular weight excluding hydrogens is 877 g/mol. The lowest BCUT2D eigenvalue weighted by atomic mass is 9.99. The van der Waals surface area contributed by atoms with Gasteiger partial charge in [0.2, 0.25) is 0 Å². The zero-order valence-corrected chi connectivity index (χ0v) is 48.7. The number of esters is 3. The van der Waals surface area contributed by atoms with E-state index in [9.17, 15) is 14.4 Å². The Morgan fingerprint density at radius 3 is 0.732 bits per heavy atom. The van der Waals surface area contributed by atoms with Crippen LogP contribution in [0.25, 0.3) is 0 Å². The minimum atomic E-state index is -0.762. The molecule has 0 spiro atoms. The van der Waals surface area contributed by atoms with Crippen molar-refractivity contribution >= 4 is 17.9 Å². The minimum absolute atomic E-state index is 0.0611. The topological polar surface area (TPSA) is 78.9 Å². The van der Waals surface area contributed by atoms with Crippen molar-refractivity contribution in [2.24, 2.45) is 5.92 Å². The largest absolute Gasteiger partial charge is 0.462 e. The quantitative estimate of drug-likeness (QED) is 0.0343. The van der Waals surface area contributed by atoms with Crippen LogP contribution in [0, 0.1) is 5.92 Å². The summed E-state index contributed by atoms with van der Waals surface area (Å²) in [5.74, 6) is 0.0813. The maximum absolute atomic E-state index is 12.9. The second kappa shape index (κ2) is 59.3. The summed E-state index contributed by atoms with van der Waals surface area (Å²) < 4.78 is 16.9. The van der Waals surface area contributed by atoms with Gasteiger partial charge in [0, 0.05) is 19.3 Å². The molecule has 0 radical (unpaired) electrons. The Labute approximate surface area is 444 Å².